The summed E-state index contributed by atoms with van der Waals surface area (Å²) in [6.45, 7) is 1.70. The minimum atomic E-state index is 0.215. The van der Waals surface area contributed by atoms with Crippen molar-refractivity contribution >= 4 is 21.8 Å². The Hall–Kier alpha value is -0.830. The highest BCUT2D eigenvalue weighted by Crippen LogP contribution is 2.31. The summed E-state index contributed by atoms with van der Waals surface area (Å²) in [4.78, 5) is 14.3. The lowest BCUT2D eigenvalue weighted by atomic mass is 9.87. The van der Waals surface area contributed by atoms with Crippen LogP contribution >= 0.6 is 15.9 Å². The Morgan fingerprint density at radius 1 is 1.21 bits per heavy atom. The second-order valence-corrected chi connectivity index (χ2v) is 6.64. The molecule has 0 bridgehead atoms. The predicted molar refractivity (Wildman–Crippen MR) is 80.1 cm³/mol. The Bertz CT molecular complexity index is 480. The Kier molecular flexibility index (Phi) is 3.92. The molecule has 19 heavy (non-hydrogen) atoms. The Morgan fingerprint density at radius 2 is 2.00 bits per heavy atom. The standard InChI is InChI=1S/C16H20BrNO/c17-15-8-4-7-13-14(15)11-18(16(13)19)10-9-12-5-2-1-3-6-12/h4,7-8,12H,1-3,5-6,9-11H2. The summed E-state index contributed by atoms with van der Waals surface area (Å²) in [5.41, 5.74) is 2.05. The number of carbonyl (C=O) groups excluding carboxylic acids is 1. The topological polar surface area (TPSA) is 20.3 Å². The molecule has 1 saturated carbocycles. The summed E-state index contributed by atoms with van der Waals surface area (Å²) < 4.78 is 1.07. The molecule has 1 amide bonds. The Balaban J connectivity index is 1.62. The molecule has 0 spiro atoms. The molecule has 0 unspecified atom stereocenters. The summed E-state index contributed by atoms with van der Waals surface area (Å²) in [5.74, 6) is 1.06. The highest BCUT2D eigenvalue weighted by Gasteiger charge is 2.28. The van der Waals surface area contributed by atoms with E-state index in [1.807, 2.05) is 23.1 Å². The lowest BCUT2D eigenvalue weighted by Gasteiger charge is -2.24. The van der Waals surface area contributed by atoms with Crippen molar-refractivity contribution in [3.63, 3.8) is 0 Å². The van der Waals surface area contributed by atoms with Gasteiger partial charge in [-0.05, 0) is 30.0 Å². The van der Waals surface area contributed by atoms with Crippen LogP contribution in [0.1, 0.15) is 54.4 Å². The maximum Gasteiger partial charge on any atom is 0.254 e. The van der Waals surface area contributed by atoms with E-state index < -0.39 is 0 Å². The first-order chi connectivity index (χ1) is 9.25. The van der Waals surface area contributed by atoms with Crippen LogP contribution in [0.4, 0.5) is 0 Å². The largest absolute Gasteiger partial charge is 0.334 e. The van der Waals surface area contributed by atoms with Crippen LogP contribution in [0.5, 0.6) is 0 Å². The summed E-state index contributed by atoms with van der Waals surface area (Å²) >= 11 is 3.55. The van der Waals surface area contributed by atoms with E-state index in [1.54, 1.807) is 0 Å². The summed E-state index contributed by atoms with van der Waals surface area (Å²) in [6, 6.07) is 5.92. The molecule has 0 aromatic heterocycles. The summed E-state index contributed by atoms with van der Waals surface area (Å²) in [7, 11) is 0. The van der Waals surface area contributed by atoms with Crippen molar-refractivity contribution in [2.45, 2.75) is 45.1 Å². The predicted octanol–water partition coefficient (Wildman–Crippen LogP) is 4.38. The van der Waals surface area contributed by atoms with E-state index in [9.17, 15) is 4.79 Å². The Morgan fingerprint density at radius 3 is 2.74 bits per heavy atom. The van der Waals surface area contributed by atoms with Gasteiger partial charge in [0.25, 0.3) is 5.91 Å². The zero-order valence-corrected chi connectivity index (χ0v) is 12.8. The monoisotopic (exact) mass is 321 g/mol. The van der Waals surface area contributed by atoms with Gasteiger partial charge in [-0.1, -0.05) is 54.1 Å². The number of amides is 1. The zero-order valence-electron chi connectivity index (χ0n) is 11.2. The Labute approximate surface area is 123 Å². The van der Waals surface area contributed by atoms with Crippen molar-refractivity contribution in [2.75, 3.05) is 6.54 Å². The van der Waals surface area contributed by atoms with E-state index in [1.165, 1.54) is 38.5 Å². The molecule has 1 aromatic rings. The fourth-order valence-corrected chi connectivity index (χ4v) is 3.84. The van der Waals surface area contributed by atoms with Crippen molar-refractivity contribution in [2.24, 2.45) is 5.92 Å². The van der Waals surface area contributed by atoms with E-state index in [4.69, 9.17) is 0 Å². The second kappa shape index (κ2) is 5.66. The van der Waals surface area contributed by atoms with Crippen molar-refractivity contribution in [1.29, 1.82) is 0 Å². The number of carbonyl (C=O) groups is 1. The van der Waals surface area contributed by atoms with Gasteiger partial charge in [0, 0.05) is 23.1 Å². The highest BCUT2D eigenvalue weighted by atomic mass is 79.9. The first-order valence-corrected chi connectivity index (χ1v) is 8.11. The van der Waals surface area contributed by atoms with Gasteiger partial charge in [0.05, 0.1) is 0 Å². The van der Waals surface area contributed by atoms with E-state index in [-0.39, 0.29) is 5.91 Å². The third-order valence-corrected chi connectivity index (χ3v) is 5.26. The van der Waals surface area contributed by atoms with Crippen LogP contribution in [0.25, 0.3) is 0 Å². The third-order valence-electron chi connectivity index (χ3n) is 4.52. The molecule has 0 radical (unpaired) electrons. The van der Waals surface area contributed by atoms with E-state index in [0.29, 0.717) is 0 Å². The zero-order chi connectivity index (χ0) is 13.2. The SMILES string of the molecule is O=C1c2cccc(Br)c2CN1CCC1CCCCC1. The number of benzene rings is 1. The van der Waals surface area contributed by atoms with Gasteiger partial charge in [0.2, 0.25) is 0 Å². The van der Waals surface area contributed by atoms with Gasteiger partial charge < -0.3 is 4.90 Å². The smallest absolute Gasteiger partial charge is 0.254 e. The summed E-state index contributed by atoms with van der Waals surface area (Å²) in [6.07, 6.45) is 8.06. The highest BCUT2D eigenvalue weighted by molar-refractivity contribution is 9.10. The molecular weight excluding hydrogens is 302 g/mol. The van der Waals surface area contributed by atoms with Crippen LogP contribution in [-0.2, 0) is 6.54 Å². The minimum Gasteiger partial charge on any atom is -0.334 e. The molecule has 1 aromatic carbocycles. The molecule has 0 saturated heterocycles. The van der Waals surface area contributed by atoms with Crippen molar-refractivity contribution < 1.29 is 4.79 Å². The van der Waals surface area contributed by atoms with Crippen molar-refractivity contribution in [3.05, 3.63) is 33.8 Å². The first kappa shape index (κ1) is 13.2. The van der Waals surface area contributed by atoms with Gasteiger partial charge in [-0.2, -0.15) is 0 Å². The maximum atomic E-state index is 12.3. The lowest BCUT2D eigenvalue weighted by Crippen LogP contribution is -2.27. The van der Waals surface area contributed by atoms with Crippen LogP contribution in [0.3, 0.4) is 0 Å². The third kappa shape index (κ3) is 2.71. The normalized spacial score (nSPS) is 19.8. The average Bonchev–Trinajstić information content (AvgIpc) is 2.77. The van der Waals surface area contributed by atoms with Gasteiger partial charge in [0.1, 0.15) is 0 Å². The van der Waals surface area contributed by atoms with Crippen LogP contribution in [-0.4, -0.2) is 17.4 Å². The van der Waals surface area contributed by atoms with Gasteiger partial charge in [-0.3, -0.25) is 4.79 Å². The van der Waals surface area contributed by atoms with Crippen LogP contribution in [0.15, 0.2) is 22.7 Å². The van der Waals surface area contributed by atoms with Crippen LogP contribution in [0, 0.1) is 5.92 Å². The van der Waals surface area contributed by atoms with E-state index >= 15 is 0 Å². The second-order valence-electron chi connectivity index (χ2n) is 5.79. The molecule has 2 aliphatic rings. The fraction of sp³-hybridized carbons (Fsp3) is 0.562. The number of hydrogen-bond acceptors (Lipinski definition) is 1. The molecule has 1 heterocycles. The van der Waals surface area contributed by atoms with Gasteiger partial charge in [0.15, 0.2) is 0 Å². The molecule has 0 atom stereocenters. The van der Waals surface area contributed by atoms with E-state index in [2.05, 4.69) is 15.9 Å². The van der Waals surface area contributed by atoms with Crippen LogP contribution in [0.2, 0.25) is 0 Å². The molecule has 3 rings (SSSR count). The van der Waals surface area contributed by atoms with Gasteiger partial charge in [-0.15, -0.1) is 0 Å². The molecule has 2 nitrogen and oxygen atoms in total. The molecule has 1 aliphatic heterocycles. The number of rotatable bonds is 3. The lowest BCUT2D eigenvalue weighted by molar-refractivity contribution is 0.0765. The molecular formula is C16H20BrNO. The number of halogens is 1. The molecule has 0 N–H and O–H groups in total. The fourth-order valence-electron chi connectivity index (χ4n) is 3.35. The first-order valence-electron chi connectivity index (χ1n) is 7.32. The average molecular weight is 322 g/mol. The minimum absolute atomic E-state index is 0.215. The molecule has 1 fully saturated rings. The molecule has 102 valence electrons. The number of hydrogen-bond donors (Lipinski definition) is 0. The van der Waals surface area contributed by atoms with Gasteiger partial charge >= 0.3 is 0 Å². The quantitative estimate of drug-likeness (QED) is 0.809. The maximum absolute atomic E-state index is 12.3. The molecule has 3 heteroatoms. The van der Waals surface area contributed by atoms with Crippen molar-refractivity contribution in [1.82, 2.24) is 4.90 Å². The summed E-state index contributed by atoms with van der Waals surface area (Å²) in [5, 5.41) is 0. The van der Waals surface area contributed by atoms with Crippen LogP contribution < -0.4 is 0 Å². The van der Waals surface area contributed by atoms with Gasteiger partial charge in [-0.25, -0.2) is 0 Å². The van der Waals surface area contributed by atoms with Crippen molar-refractivity contribution in [3.8, 4) is 0 Å². The number of fused-ring (bicyclic) bond motifs is 1. The van der Waals surface area contributed by atoms with E-state index in [0.717, 1.165) is 34.6 Å². The number of nitrogens with zero attached hydrogens (tertiary/aromatic N) is 1. The molecule has 1 aliphatic carbocycles.